The van der Waals surface area contributed by atoms with Crippen molar-refractivity contribution in [1.82, 2.24) is 10.2 Å². The van der Waals surface area contributed by atoms with Gasteiger partial charge in [-0.2, -0.15) is 0 Å². The molecule has 1 fully saturated rings. The van der Waals surface area contributed by atoms with Gasteiger partial charge in [-0.3, -0.25) is 14.5 Å². The number of amides is 2. The molecule has 202 valence electrons. The normalized spacial score (nSPS) is 14.7. The average Bonchev–Trinajstić information content (AvgIpc) is 3.02. The first-order valence-electron chi connectivity index (χ1n) is 13.9. The molecule has 1 unspecified atom stereocenters. The molecule has 0 radical (unpaired) electrons. The molecule has 0 saturated carbocycles. The highest BCUT2D eigenvalue weighted by atomic mass is 16.2. The van der Waals surface area contributed by atoms with E-state index in [1.807, 2.05) is 97.1 Å². The summed E-state index contributed by atoms with van der Waals surface area (Å²) in [6.45, 7) is 5.85. The van der Waals surface area contributed by atoms with Gasteiger partial charge in [0.2, 0.25) is 5.91 Å². The van der Waals surface area contributed by atoms with Crippen LogP contribution >= 0.6 is 0 Å². The number of nitrogens with zero attached hydrogens (tertiary/aromatic N) is 1. The molecule has 5 nitrogen and oxygen atoms in total. The van der Waals surface area contributed by atoms with Crippen molar-refractivity contribution in [3.8, 4) is 11.1 Å². The van der Waals surface area contributed by atoms with E-state index in [1.165, 1.54) is 5.56 Å². The second-order valence-electron chi connectivity index (χ2n) is 10.1. The van der Waals surface area contributed by atoms with Gasteiger partial charge >= 0.3 is 0 Å². The van der Waals surface area contributed by atoms with Crippen molar-refractivity contribution < 1.29 is 9.59 Å². The maximum absolute atomic E-state index is 13.2. The van der Waals surface area contributed by atoms with Crippen LogP contribution in [0.2, 0.25) is 0 Å². The first-order valence-corrected chi connectivity index (χ1v) is 13.9. The third-order valence-electron chi connectivity index (χ3n) is 7.58. The van der Waals surface area contributed by atoms with E-state index in [0.29, 0.717) is 18.0 Å². The molecule has 0 bridgehead atoms. The molecule has 0 aromatic heterocycles. The Morgan fingerprint density at radius 2 is 1.45 bits per heavy atom. The largest absolute Gasteiger partial charge is 0.351 e. The molecule has 4 aromatic carbocycles. The van der Waals surface area contributed by atoms with E-state index in [1.54, 1.807) is 6.08 Å². The van der Waals surface area contributed by atoms with Crippen LogP contribution in [0.3, 0.4) is 0 Å². The molecular formula is C35H35N3O2. The summed E-state index contributed by atoms with van der Waals surface area (Å²) in [5.41, 5.74) is 5.62. The standard InChI is InChI=1S/C35H35N3O2/c1-2-23-36-35(40)33(29-13-7-4-8-14-29)38-24-21-27(22-25-38)26-17-19-30(20-18-26)37-34(39)32-16-10-9-15-31(32)28-11-5-3-6-12-28/h2-20,27,33H,1,21-25H2,(H,36,40)(H,37,39). The molecule has 5 heteroatoms. The Kier molecular flexibility index (Phi) is 8.84. The fraction of sp³-hybridized carbons (Fsp3) is 0.200. The predicted molar refractivity (Wildman–Crippen MR) is 162 cm³/mol. The van der Waals surface area contributed by atoms with E-state index in [4.69, 9.17) is 0 Å². The molecule has 1 saturated heterocycles. The maximum atomic E-state index is 13.2. The number of anilines is 1. The Balaban J connectivity index is 1.22. The lowest BCUT2D eigenvalue weighted by molar-refractivity contribution is -0.127. The summed E-state index contributed by atoms with van der Waals surface area (Å²) < 4.78 is 0. The fourth-order valence-electron chi connectivity index (χ4n) is 5.51. The molecule has 5 rings (SSSR count). The number of benzene rings is 4. The van der Waals surface area contributed by atoms with Crippen molar-refractivity contribution in [3.63, 3.8) is 0 Å². The number of hydrogen-bond donors (Lipinski definition) is 2. The third kappa shape index (κ3) is 6.38. The zero-order chi connectivity index (χ0) is 27.7. The zero-order valence-corrected chi connectivity index (χ0v) is 22.6. The minimum atomic E-state index is -0.307. The number of likely N-dealkylation sites (tertiary alicyclic amines) is 1. The molecule has 2 N–H and O–H groups in total. The van der Waals surface area contributed by atoms with Crippen molar-refractivity contribution >= 4 is 17.5 Å². The van der Waals surface area contributed by atoms with Crippen molar-refractivity contribution in [1.29, 1.82) is 0 Å². The van der Waals surface area contributed by atoms with E-state index < -0.39 is 0 Å². The quantitative estimate of drug-likeness (QED) is 0.234. The van der Waals surface area contributed by atoms with Crippen LogP contribution < -0.4 is 10.6 Å². The molecule has 0 aliphatic carbocycles. The lowest BCUT2D eigenvalue weighted by Crippen LogP contribution is -2.44. The highest BCUT2D eigenvalue weighted by Gasteiger charge is 2.31. The number of nitrogens with one attached hydrogen (secondary N) is 2. The Labute approximate surface area is 236 Å². The summed E-state index contributed by atoms with van der Waals surface area (Å²) >= 11 is 0. The highest BCUT2D eigenvalue weighted by Crippen LogP contribution is 2.33. The van der Waals surface area contributed by atoms with Gasteiger partial charge in [0.05, 0.1) is 0 Å². The molecule has 0 spiro atoms. The number of carbonyl (C=O) groups is 2. The summed E-state index contributed by atoms with van der Waals surface area (Å²) in [6.07, 6.45) is 3.64. The molecule has 1 aliphatic rings. The minimum absolute atomic E-state index is 0.0125. The van der Waals surface area contributed by atoms with Crippen LogP contribution in [0.5, 0.6) is 0 Å². The second kappa shape index (κ2) is 13.0. The fourth-order valence-corrected chi connectivity index (χ4v) is 5.51. The van der Waals surface area contributed by atoms with Gasteiger partial charge in [-0.25, -0.2) is 0 Å². The number of piperidine rings is 1. The van der Waals surface area contributed by atoms with E-state index in [0.717, 1.165) is 48.3 Å². The van der Waals surface area contributed by atoms with Crippen LogP contribution in [0.4, 0.5) is 5.69 Å². The van der Waals surface area contributed by atoms with Crippen LogP contribution in [0.1, 0.15) is 46.3 Å². The average molecular weight is 530 g/mol. The van der Waals surface area contributed by atoms with Gasteiger partial charge in [0, 0.05) is 17.8 Å². The molecule has 1 heterocycles. The van der Waals surface area contributed by atoms with Gasteiger partial charge in [-0.1, -0.05) is 97.1 Å². The van der Waals surface area contributed by atoms with E-state index in [9.17, 15) is 9.59 Å². The summed E-state index contributed by atoms with van der Waals surface area (Å²) in [7, 11) is 0. The first-order chi connectivity index (χ1) is 19.6. The third-order valence-corrected chi connectivity index (χ3v) is 7.58. The van der Waals surface area contributed by atoms with E-state index in [2.05, 4.69) is 34.2 Å². The van der Waals surface area contributed by atoms with Gasteiger partial charge in [-0.05, 0) is 72.3 Å². The van der Waals surface area contributed by atoms with Crippen molar-refractivity contribution in [3.05, 3.63) is 139 Å². The summed E-state index contributed by atoms with van der Waals surface area (Å²) in [6, 6.07) is 35.5. The van der Waals surface area contributed by atoms with E-state index in [-0.39, 0.29) is 17.9 Å². The molecule has 40 heavy (non-hydrogen) atoms. The van der Waals surface area contributed by atoms with Crippen LogP contribution in [-0.4, -0.2) is 36.3 Å². The van der Waals surface area contributed by atoms with Crippen LogP contribution in [0, 0.1) is 0 Å². The van der Waals surface area contributed by atoms with Gasteiger partial charge in [0.1, 0.15) is 6.04 Å². The SMILES string of the molecule is C=CCNC(=O)C(c1ccccc1)N1CCC(c2ccc(NC(=O)c3ccccc3-c3ccccc3)cc2)CC1. The summed E-state index contributed by atoms with van der Waals surface area (Å²) in [4.78, 5) is 28.5. The predicted octanol–water partition coefficient (Wildman–Crippen LogP) is 6.83. The molecule has 1 aliphatic heterocycles. The summed E-state index contributed by atoms with van der Waals surface area (Å²) in [5, 5.41) is 6.05. The zero-order valence-electron chi connectivity index (χ0n) is 22.6. The lowest BCUT2D eigenvalue weighted by Gasteiger charge is -2.37. The first kappa shape index (κ1) is 27.1. The van der Waals surface area contributed by atoms with Crippen molar-refractivity contribution in [2.24, 2.45) is 0 Å². The second-order valence-corrected chi connectivity index (χ2v) is 10.1. The maximum Gasteiger partial charge on any atom is 0.256 e. The molecule has 1 atom stereocenters. The lowest BCUT2D eigenvalue weighted by atomic mass is 9.88. The van der Waals surface area contributed by atoms with Gasteiger partial charge in [-0.15, -0.1) is 6.58 Å². The molecule has 2 amide bonds. The highest BCUT2D eigenvalue weighted by molar-refractivity contribution is 6.08. The van der Waals surface area contributed by atoms with Gasteiger partial charge in [0.25, 0.3) is 5.91 Å². The molecular weight excluding hydrogens is 494 g/mol. The Bertz CT molecular complexity index is 1430. The Morgan fingerprint density at radius 1 is 0.825 bits per heavy atom. The van der Waals surface area contributed by atoms with Crippen LogP contribution in [0.25, 0.3) is 11.1 Å². The van der Waals surface area contributed by atoms with Gasteiger partial charge < -0.3 is 10.6 Å². The molecule has 4 aromatic rings. The van der Waals surface area contributed by atoms with Crippen LogP contribution in [0.15, 0.2) is 122 Å². The number of carbonyl (C=O) groups excluding carboxylic acids is 2. The number of rotatable bonds is 9. The Morgan fingerprint density at radius 3 is 2.12 bits per heavy atom. The van der Waals surface area contributed by atoms with Crippen LogP contribution in [-0.2, 0) is 4.79 Å². The topological polar surface area (TPSA) is 61.4 Å². The Hall–Kier alpha value is -4.48. The summed E-state index contributed by atoms with van der Waals surface area (Å²) in [5.74, 6) is 0.299. The van der Waals surface area contributed by atoms with Crippen molar-refractivity contribution in [2.45, 2.75) is 24.8 Å². The number of hydrogen-bond acceptors (Lipinski definition) is 3. The minimum Gasteiger partial charge on any atom is -0.351 e. The van der Waals surface area contributed by atoms with Gasteiger partial charge in [0.15, 0.2) is 0 Å². The van der Waals surface area contributed by atoms with E-state index >= 15 is 0 Å². The van der Waals surface area contributed by atoms with Crippen molar-refractivity contribution in [2.75, 3.05) is 25.0 Å². The smallest absolute Gasteiger partial charge is 0.256 e. The monoisotopic (exact) mass is 529 g/mol.